The van der Waals surface area contributed by atoms with Crippen molar-refractivity contribution in [3.05, 3.63) is 18.0 Å². The second-order valence-electron chi connectivity index (χ2n) is 2.68. The zero-order valence-electron chi connectivity index (χ0n) is 7.08. The number of alkyl halides is 3. The zero-order chi connectivity index (χ0) is 10.8. The Morgan fingerprint density at radius 2 is 2.21 bits per heavy atom. The largest absolute Gasteiger partial charge is 0.435 e. The van der Waals surface area contributed by atoms with E-state index in [4.69, 9.17) is 5.73 Å². The van der Waals surface area contributed by atoms with Crippen molar-refractivity contribution in [2.24, 2.45) is 5.73 Å². The van der Waals surface area contributed by atoms with Crippen LogP contribution >= 0.6 is 12.2 Å². The topological polar surface area (TPSA) is 43.8 Å². The quantitative estimate of drug-likeness (QED) is 0.791. The van der Waals surface area contributed by atoms with Gasteiger partial charge in [0.05, 0.1) is 4.99 Å². The number of aryl methyl sites for hydroxylation is 1. The minimum atomic E-state index is -4.39. The summed E-state index contributed by atoms with van der Waals surface area (Å²) in [4.78, 5) is 0.258. The van der Waals surface area contributed by atoms with Gasteiger partial charge in [-0.1, -0.05) is 12.2 Å². The summed E-state index contributed by atoms with van der Waals surface area (Å²) in [5, 5.41) is 3.33. The number of rotatable bonds is 3. The van der Waals surface area contributed by atoms with Crippen molar-refractivity contribution < 1.29 is 13.2 Å². The molecule has 78 valence electrons. The molecule has 0 fully saturated rings. The normalized spacial score (nSPS) is 11.6. The fourth-order valence-corrected chi connectivity index (χ4v) is 0.953. The molecule has 0 aliphatic carbocycles. The number of hydrogen-bond acceptors (Lipinski definition) is 2. The summed E-state index contributed by atoms with van der Waals surface area (Å²) in [6, 6.07) is 0.916. The summed E-state index contributed by atoms with van der Waals surface area (Å²) < 4.78 is 37.4. The van der Waals surface area contributed by atoms with Gasteiger partial charge >= 0.3 is 6.18 Å². The standard InChI is InChI=1S/C7H8F3N3S/c8-7(9,10)5-1-3-13(12-5)4-2-6(11)14/h1,3H,2,4H2,(H2,11,14). The van der Waals surface area contributed by atoms with Crippen LogP contribution in [0, 0.1) is 0 Å². The highest BCUT2D eigenvalue weighted by Gasteiger charge is 2.33. The van der Waals surface area contributed by atoms with Crippen LogP contribution in [0.1, 0.15) is 12.1 Å². The van der Waals surface area contributed by atoms with Crippen LogP contribution in [-0.2, 0) is 12.7 Å². The van der Waals surface area contributed by atoms with Crippen molar-refractivity contribution in [2.75, 3.05) is 0 Å². The van der Waals surface area contributed by atoms with Gasteiger partial charge in [-0.15, -0.1) is 0 Å². The van der Waals surface area contributed by atoms with E-state index < -0.39 is 11.9 Å². The molecular formula is C7H8F3N3S. The molecule has 1 heterocycles. The lowest BCUT2D eigenvalue weighted by Crippen LogP contribution is -2.13. The second-order valence-corrected chi connectivity index (χ2v) is 3.20. The van der Waals surface area contributed by atoms with E-state index in [9.17, 15) is 13.2 Å². The molecule has 2 N–H and O–H groups in total. The van der Waals surface area contributed by atoms with Crippen molar-refractivity contribution in [1.82, 2.24) is 9.78 Å². The van der Waals surface area contributed by atoms with Crippen LogP contribution in [-0.4, -0.2) is 14.8 Å². The predicted octanol–water partition coefficient (Wildman–Crippen LogP) is 1.58. The third-order valence-corrected chi connectivity index (χ3v) is 1.72. The van der Waals surface area contributed by atoms with E-state index in [-0.39, 0.29) is 11.5 Å². The fraction of sp³-hybridized carbons (Fsp3) is 0.429. The Hall–Kier alpha value is -1.11. The van der Waals surface area contributed by atoms with Gasteiger partial charge in [0.15, 0.2) is 5.69 Å². The van der Waals surface area contributed by atoms with Crippen molar-refractivity contribution in [1.29, 1.82) is 0 Å². The van der Waals surface area contributed by atoms with Gasteiger partial charge in [-0.05, 0) is 6.07 Å². The molecule has 0 saturated heterocycles. The monoisotopic (exact) mass is 223 g/mol. The summed E-state index contributed by atoms with van der Waals surface area (Å²) >= 11 is 4.59. The minimum absolute atomic E-state index is 0.258. The number of nitrogens with two attached hydrogens (primary N) is 1. The van der Waals surface area contributed by atoms with Gasteiger partial charge in [-0.3, -0.25) is 4.68 Å². The Balaban J connectivity index is 2.64. The van der Waals surface area contributed by atoms with Crippen molar-refractivity contribution in [3.8, 4) is 0 Å². The van der Waals surface area contributed by atoms with Crippen molar-refractivity contribution in [3.63, 3.8) is 0 Å². The molecule has 0 saturated carbocycles. The molecule has 1 aromatic heterocycles. The first-order valence-electron chi connectivity index (χ1n) is 3.78. The molecule has 0 spiro atoms. The molecule has 0 aromatic carbocycles. The highest BCUT2D eigenvalue weighted by atomic mass is 32.1. The van der Waals surface area contributed by atoms with Crippen LogP contribution in [0.4, 0.5) is 13.2 Å². The number of thiocarbonyl (C=S) groups is 1. The molecule has 0 aliphatic rings. The SMILES string of the molecule is NC(=S)CCn1ccc(C(F)(F)F)n1. The molecule has 7 heteroatoms. The van der Waals surface area contributed by atoms with Gasteiger partial charge < -0.3 is 5.73 Å². The molecule has 1 aromatic rings. The summed E-state index contributed by atoms with van der Waals surface area (Å²) in [7, 11) is 0. The molecule has 0 radical (unpaired) electrons. The molecular weight excluding hydrogens is 215 g/mol. The van der Waals surface area contributed by atoms with Crippen molar-refractivity contribution >= 4 is 17.2 Å². The van der Waals surface area contributed by atoms with Gasteiger partial charge in [0.2, 0.25) is 0 Å². The van der Waals surface area contributed by atoms with Gasteiger partial charge in [0, 0.05) is 19.2 Å². The van der Waals surface area contributed by atoms with E-state index in [0.29, 0.717) is 6.42 Å². The molecule has 0 atom stereocenters. The predicted molar refractivity (Wildman–Crippen MR) is 48.6 cm³/mol. The van der Waals surface area contributed by atoms with Gasteiger partial charge in [0.1, 0.15) is 0 Å². The van der Waals surface area contributed by atoms with Crippen molar-refractivity contribution in [2.45, 2.75) is 19.1 Å². The number of halogens is 3. The molecule has 0 bridgehead atoms. The maximum Gasteiger partial charge on any atom is 0.435 e. The summed E-state index contributed by atoms with van der Waals surface area (Å²) in [6.45, 7) is 0.269. The number of hydrogen-bond donors (Lipinski definition) is 1. The van der Waals surface area contributed by atoms with E-state index in [1.54, 1.807) is 0 Å². The van der Waals surface area contributed by atoms with Gasteiger partial charge in [0.25, 0.3) is 0 Å². The van der Waals surface area contributed by atoms with Gasteiger partial charge in [-0.25, -0.2) is 0 Å². The van der Waals surface area contributed by atoms with Crippen LogP contribution in [0.25, 0.3) is 0 Å². The lowest BCUT2D eigenvalue weighted by molar-refractivity contribution is -0.141. The van der Waals surface area contributed by atoms with Crippen LogP contribution in [0.2, 0.25) is 0 Å². The van der Waals surface area contributed by atoms with Crippen LogP contribution in [0.3, 0.4) is 0 Å². The Kier molecular flexibility index (Phi) is 3.10. The summed E-state index contributed by atoms with van der Waals surface area (Å²) in [6.07, 6.45) is -2.80. The van der Waals surface area contributed by atoms with Gasteiger partial charge in [-0.2, -0.15) is 18.3 Å². The van der Waals surface area contributed by atoms with E-state index in [0.717, 1.165) is 6.07 Å². The first-order chi connectivity index (χ1) is 6.39. The Morgan fingerprint density at radius 3 is 2.64 bits per heavy atom. The molecule has 3 nitrogen and oxygen atoms in total. The molecule has 1 rings (SSSR count). The van der Waals surface area contributed by atoms with Crippen LogP contribution < -0.4 is 5.73 Å². The highest BCUT2D eigenvalue weighted by molar-refractivity contribution is 7.80. The van der Waals surface area contributed by atoms with E-state index >= 15 is 0 Å². The minimum Gasteiger partial charge on any atom is -0.393 e. The van der Waals surface area contributed by atoms with Crippen LogP contribution in [0.15, 0.2) is 12.3 Å². The lowest BCUT2D eigenvalue weighted by Gasteiger charge is -2.01. The first-order valence-corrected chi connectivity index (χ1v) is 4.19. The average molecular weight is 223 g/mol. The summed E-state index contributed by atoms with van der Waals surface area (Å²) in [5.74, 6) is 0. The number of aromatic nitrogens is 2. The Labute approximate surface area is 83.7 Å². The van der Waals surface area contributed by atoms with E-state index in [1.807, 2.05) is 0 Å². The molecule has 0 unspecified atom stereocenters. The average Bonchev–Trinajstić information content (AvgIpc) is 2.47. The third kappa shape index (κ3) is 2.99. The Bertz CT molecular complexity index is 331. The molecule has 0 aliphatic heterocycles. The zero-order valence-corrected chi connectivity index (χ0v) is 7.90. The highest BCUT2D eigenvalue weighted by Crippen LogP contribution is 2.27. The van der Waals surface area contributed by atoms with Crippen LogP contribution in [0.5, 0.6) is 0 Å². The van der Waals surface area contributed by atoms with E-state index in [1.165, 1.54) is 10.9 Å². The van der Waals surface area contributed by atoms with E-state index in [2.05, 4.69) is 17.3 Å². The fourth-order valence-electron chi connectivity index (χ4n) is 0.862. The summed E-state index contributed by atoms with van der Waals surface area (Å²) in [5.41, 5.74) is 4.30. The second kappa shape index (κ2) is 3.95. The molecule has 0 amide bonds. The number of nitrogens with zero attached hydrogens (tertiary/aromatic N) is 2. The molecule has 14 heavy (non-hydrogen) atoms. The maximum atomic E-state index is 12.1. The lowest BCUT2D eigenvalue weighted by atomic mass is 10.4. The first kappa shape index (κ1) is 11.0. The smallest absolute Gasteiger partial charge is 0.393 e. The maximum absolute atomic E-state index is 12.1. The Morgan fingerprint density at radius 1 is 1.57 bits per heavy atom. The third-order valence-electron chi connectivity index (χ3n) is 1.52.